The molecule has 0 bridgehead atoms. The number of carbonyl (C=O) groups excluding carboxylic acids is 2. The van der Waals surface area contributed by atoms with Gasteiger partial charge in [0.05, 0.1) is 11.9 Å². The predicted molar refractivity (Wildman–Crippen MR) is 79.1 cm³/mol. The smallest absolute Gasteiger partial charge is 0.230 e. The molecule has 0 spiro atoms. The van der Waals surface area contributed by atoms with E-state index < -0.39 is 5.82 Å². The zero-order valence-corrected chi connectivity index (χ0v) is 12.7. The van der Waals surface area contributed by atoms with Gasteiger partial charge < -0.3 is 10.1 Å². The van der Waals surface area contributed by atoms with Crippen LogP contribution in [0.3, 0.4) is 0 Å². The molecule has 1 fully saturated rings. The number of amides is 1. The van der Waals surface area contributed by atoms with E-state index >= 15 is 0 Å². The summed E-state index contributed by atoms with van der Waals surface area (Å²) in [5.41, 5.74) is 0.333. The summed E-state index contributed by atoms with van der Waals surface area (Å²) in [6.45, 7) is 2.65. The largest absolute Gasteiger partial charge is 0.376 e. The second-order valence-corrected chi connectivity index (χ2v) is 5.95. The van der Waals surface area contributed by atoms with E-state index in [1.807, 2.05) is 0 Å². The zero-order valence-electron chi connectivity index (χ0n) is 11.9. The number of hydrogen-bond donors (Lipinski definition) is 1. The number of rotatable bonds is 6. The van der Waals surface area contributed by atoms with Gasteiger partial charge in [0.2, 0.25) is 5.91 Å². The van der Waals surface area contributed by atoms with Gasteiger partial charge in [-0.05, 0) is 31.9 Å². The number of nitrogens with one attached hydrogen (secondary N) is 1. The monoisotopic (exact) mass is 311 g/mol. The molecule has 1 saturated heterocycles. The van der Waals surface area contributed by atoms with Gasteiger partial charge in [-0.25, -0.2) is 4.39 Å². The SMILES string of the molecule is CC(=O)c1ccc(SCC(=O)NCC2CCCO2)c(F)c1. The number of Topliss-reactive ketones (excluding diaryl/α,β-unsaturated/α-hetero) is 1. The molecule has 114 valence electrons. The minimum atomic E-state index is -0.473. The second kappa shape index (κ2) is 7.56. The van der Waals surface area contributed by atoms with Crippen molar-refractivity contribution in [3.63, 3.8) is 0 Å². The van der Waals surface area contributed by atoms with E-state index in [4.69, 9.17) is 4.74 Å². The zero-order chi connectivity index (χ0) is 15.2. The van der Waals surface area contributed by atoms with Gasteiger partial charge in [0, 0.05) is 23.6 Å². The van der Waals surface area contributed by atoms with Crippen molar-refractivity contribution in [2.45, 2.75) is 30.8 Å². The van der Waals surface area contributed by atoms with Gasteiger partial charge in [0.25, 0.3) is 0 Å². The standard InChI is InChI=1S/C15H18FNO3S/c1-10(18)11-4-5-14(13(16)7-11)21-9-15(19)17-8-12-3-2-6-20-12/h4-5,7,12H,2-3,6,8-9H2,1H3,(H,17,19). The van der Waals surface area contributed by atoms with Crippen molar-refractivity contribution in [3.8, 4) is 0 Å². The number of thioether (sulfide) groups is 1. The molecule has 1 unspecified atom stereocenters. The van der Waals surface area contributed by atoms with Gasteiger partial charge in [0.1, 0.15) is 5.82 Å². The van der Waals surface area contributed by atoms with E-state index in [9.17, 15) is 14.0 Å². The summed E-state index contributed by atoms with van der Waals surface area (Å²) in [6.07, 6.45) is 2.10. The van der Waals surface area contributed by atoms with Crippen LogP contribution >= 0.6 is 11.8 Å². The first kappa shape index (κ1) is 16.0. The van der Waals surface area contributed by atoms with E-state index in [1.165, 1.54) is 19.1 Å². The number of halogens is 1. The summed E-state index contributed by atoms with van der Waals surface area (Å²) in [5.74, 6) is -0.659. The van der Waals surface area contributed by atoms with Crippen molar-refractivity contribution in [3.05, 3.63) is 29.6 Å². The van der Waals surface area contributed by atoms with Crippen LogP contribution in [0.2, 0.25) is 0 Å². The van der Waals surface area contributed by atoms with Crippen molar-refractivity contribution >= 4 is 23.5 Å². The molecule has 4 nitrogen and oxygen atoms in total. The Labute approximate surface area is 127 Å². The van der Waals surface area contributed by atoms with Crippen LogP contribution in [0.4, 0.5) is 4.39 Å². The molecule has 0 aromatic heterocycles. The van der Waals surface area contributed by atoms with Crippen LogP contribution in [0, 0.1) is 5.82 Å². The number of ketones is 1. The Bertz CT molecular complexity index is 530. The van der Waals surface area contributed by atoms with Crippen molar-refractivity contribution in [1.82, 2.24) is 5.32 Å². The van der Waals surface area contributed by atoms with E-state index in [2.05, 4.69) is 5.32 Å². The minimum absolute atomic E-state index is 0.102. The summed E-state index contributed by atoms with van der Waals surface area (Å²) in [5, 5.41) is 2.78. The first-order chi connectivity index (χ1) is 10.1. The molecule has 0 radical (unpaired) electrons. The Kier molecular flexibility index (Phi) is 5.76. The van der Waals surface area contributed by atoms with Crippen LogP contribution in [-0.4, -0.2) is 36.7 Å². The van der Waals surface area contributed by atoms with Gasteiger partial charge in [0.15, 0.2) is 5.78 Å². The molecular formula is C15H18FNO3S. The maximum Gasteiger partial charge on any atom is 0.230 e. The lowest BCUT2D eigenvalue weighted by molar-refractivity contribution is -0.119. The lowest BCUT2D eigenvalue weighted by atomic mass is 10.1. The van der Waals surface area contributed by atoms with E-state index in [0.717, 1.165) is 31.2 Å². The van der Waals surface area contributed by atoms with Crippen LogP contribution in [0.5, 0.6) is 0 Å². The van der Waals surface area contributed by atoms with Gasteiger partial charge in [-0.3, -0.25) is 9.59 Å². The fourth-order valence-corrected chi connectivity index (χ4v) is 2.81. The van der Waals surface area contributed by atoms with Gasteiger partial charge in [-0.2, -0.15) is 0 Å². The highest BCUT2D eigenvalue weighted by Crippen LogP contribution is 2.22. The van der Waals surface area contributed by atoms with Crippen LogP contribution in [0.1, 0.15) is 30.1 Å². The molecule has 0 saturated carbocycles. The normalized spacial score (nSPS) is 17.7. The molecule has 2 rings (SSSR count). The van der Waals surface area contributed by atoms with Gasteiger partial charge >= 0.3 is 0 Å². The Morgan fingerprint density at radius 1 is 1.48 bits per heavy atom. The molecule has 21 heavy (non-hydrogen) atoms. The Morgan fingerprint density at radius 2 is 2.29 bits per heavy atom. The molecule has 1 aromatic rings. The highest BCUT2D eigenvalue weighted by atomic mass is 32.2. The topological polar surface area (TPSA) is 55.4 Å². The highest BCUT2D eigenvalue weighted by molar-refractivity contribution is 8.00. The Morgan fingerprint density at radius 3 is 2.90 bits per heavy atom. The lowest BCUT2D eigenvalue weighted by Crippen LogP contribution is -2.32. The third-order valence-electron chi connectivity index (χ3n) is 3.25. The van der Waals surface area contributed by atoms with Crippen molar-refractivity contribution in [2.24, 2.45) is 0 Å². The average Bonchev–Trinajstić information content (AvgIpc) is 2.97. The first-order valence-electron chi connectivity index (χ1n) is 6.88. The predicted octanol–water partition coefficient (Wildman–Crippen LogP) is 2.42. The van der Waals surface area contributed by atoms with Gasteiger partial charge in [-0.15, -0.1) is 11.8 Å². The molecule has 1 heterocycles. The van der Waals surface area contributed by atoms with E-state index in [1.54, 1.807) is 6.07 Å². The molecule has 1 aromatic carbocycles. The number of benzene rings is 1. The molecule has 1 N–H and O–H groups in total. The average molecular weight is 311 g/mol. The van der Waals surface area contributed by atoms with Crippen molar-refractivity contribution in [2.75, 3.05) is 18.9 Å². The Hall–Kier alpha value is -1.40. The molecule has 1 atom stereocenters. The maximum absolute atomic E-state index is 13.8. The summed E-state index contributed by atoms with van der Waals surface area (Å²) < 4.78 is 19.2. The molecule has 1 aliphatic heterocycles. The van der Waals surface area contributed by atoms with Crippen LogP contribution < -0.4 is 5.32 Å². The molecule has 6 heteroatoms. The molecule has 1 aliphatic rings. The lowest BCUT2D eigenvalue weighted by Gasteiger charge is -2.10. The fraction of sp³-hybridized carbons (Fsp3) is 0.467. The second-order valence-electron chi connectivity index (χ2n) is 4.93. The molecule has 1 amide bonds. The molecular weight excluding hydrogens is 293 g/mol. The van der Waals surface area contributed by atoms with Crippen LogP contribution in [-0.2, 0) is 9.53 Å². The number of carbonyl (C=O) groups is 2. The van der Waals surface area contributed by atoms with Crippen LogP contribution in [0.25, 0.3) is 0 Å². The summed E-state index contributed by atoms with van der Waals surface area (Å²) in [7, 11) is 0. The van der Waals surface area contributed by atoms with E-state index in [0.29, 0.717) is 17.0 Å². The number of hydrogen-bond acceptors (Lipinski definition) is 4. The third-order valence-corrected chi connectivity index (χ3v) is 4.30. The summed E-state index contributed by atoms with van der Waals surface area (Å²) >= 11 is 1.12. The van der Waals surface area contributed by atoms with Crippen molar-refractivity contribution in [1.29, 1.82) is 0 Å². The fourth-order valence-electron chi connectivity index (χ4n) is 2.06. The highest BCUT2D eigenvalue weighted by Gasteiger charge is 2.16. The number of ether oxygens (including phenoxy) is 1. The third kappa shape index (κ3) is 4.82. The quantitative estimate of drug-likeness (QED) is 0.647. The van der Waals surface area contributed by atoms with Crippen LogP contribution in [0.15, 0.2) is 23.1 Å². The van der Waals surface area contributed by atoms with Crippen molar-refractivity contribution < 1.29 is 18.7 Å². The Balaban J connectivity index is 1.79. The van der Waals surface area contributed by atoms with E-state index in [-0.39, 0.29) is 23.5 Å². The first-order valence-corrected chi connectivity index (χ1v) is 7.86. The summed E-state index contributed by atoms with van der Waals surface area (Å²) in [4.78, 5) is 23.2. The summed E-state index contributed by atoms with van der Waals surface area (Å²) in [6, 6.07) is 4.30. The maximum atomic E-state index is 13.8. The van der Waals surface area contributed by atoms with Gasteiger partial charge in [-0.1, -0.05) is 6.07 Å². The molecule has 0 aliphatic carbocycles. The minimum Gasteiger partial charge on any atom is -0.376 e.